The highest BCUT2D eigenvalue weighted by atomic mass is 32.2. The number of hydrogen-bond donors (Lipinski definition) is 0. The molecule has 3 nitrogen and oxygen atoms in total. The Labute approximate surface area is 108 Å². The van der Waals surface area contributed by atoms with E-state index in [4.69, 9.17) is 4.18 Å². The first-order valence-corrected chi connectivity index (χ1v) is 7.43. The van der Waals surface area contributed by atoms with Crippen molar-refractivity contribution in [2.45, 2.75) is 44.2 Å². The third kappa shape index (κ3) is 5.14. The number of halogens is 1. The van der Waals surface area contributed by atoms with Crippen LogP contribution in [-0.4, -0.2) is 21.2 Å². The molecule has 1 atom stereocenters. The summed E-state index contributed by atoms with van der Waals surface area (Å²) in [6, 6.07) is 6.49. The predicted molar refractivity (Wildman–Crippen MR) is 68.7 cm³/mol. The van der Waals surface area contributed by atoms with Crippen molar-refractivity contribution >= 4 is 10.1 Å². The van der Waals surface area contributed by atoms with E-state index in [0.29, 0.717) is 19.3 Å². The van der Waals surface area contributed by atoms with Crippen molar-refractivity contribution in [2.75, 3.05) is 6.61 Å². The summed E-state index contributed by atoms with van der Waals surface area (Å²) < 4.78 is 40.9. The lowest BCUT2D eigenvalue weighted by Gasteiger charge is -2.06. The molecule has 18 heavy (non-hydrogen) atoms. The van der Waals surface area contributed by atoms with Gasteiger partial charge in [0.05, 0.1) is 17.7 Å². The van der Waals surface area contributed by atoms with Gasteiger partial charge >= 0.3 is 0 Å². The molecule has 0 bridgehead atoms. The molecule has 0 aliphatic rings. The van der Waals surface area contributed by atoms with Crippen molar-refractivity contribution in [1.29, 1.82) is 0 Å². The molecule has 1 rings (SSSR count). The second-order valence-electron chi connectivity index (χ2n) is 4.37. The molecule has 0 fully saturated rings. The van der Waals surface area contributed by atoms with E-state index in [9.17, 15) is 12.8 Å². The number of hydrogen-bond acceptors (Lipinski definition) is 3. The Morgan fingerprint density at radius 2 is 1.83 bits per heavy atom. The SMILES string of the molecule is Cc1ccc(S(=O)(=O)OCCCCC(C)F)cc1. The summed E-state index contributed by atoms with van der Waals surface area (Å²) in [6.45, 7) is 3.47. The van der Waals surface area contributed by atoms with Gasteiger partial charge in [0.2, 0.25) is 0 Å². The lowest BCUT2D eigenvalue weighted by Crippen LogP contribution is -2.08. The molecular weight excluding hydrogens is 255 g/mol. The first-order valence-electron chi connectivity index (χ1n) is 6.02. The molecule has 0 saturated heterocycles. The van der Waals surface area contributed by atoms with Gasteiger partial charge in [-0.05, 0) is 45.2 Å². The second-order valence-corrected chi connectivity index (χ2v) is 5.98. The van der Waals surface area contributed by atoms with Gasteiger partial charge in [-0.3, -0.25) is 4.18 Å². The molecule has 0 aromatic heterocycles. The maximum Gasteiger partial charge on any atom is 0.296 e. The van der Waals surface area contributed by atoms with Crippen LogP contribution in [0.5, 0.6) is 0 Å². The molecule has 1 unspecified atom stereocenters. The first-order chi connectivity index (χ1) is 8.42. The van der Waals surface area contributed by atoms with Crippen LogP contribution in [-0.2, 0) is 14.3 Å². The summed E-state index contributed by atoms with van der Waals surface area (Å²) >= 11 is 0. The van der Waals surface area contributed by atoms with Crippen molar-refractivity contribution < 1.29 is 17.0 Å². The van der Waals surface area contributed by atoms with Gasteiger partial charge in [-0.1, -0.05) is 17.7 Å². The Hall–Kier alpha value is -0.940. The lowest BCUT2D eigenvalue weighted by molar-refractivity contribution is 0.287. The Morgan fingerprint density at radius 1 is 1.22 bits per heavy atom. The van der Waals surface area contributed by atoms with Gasteiger partial charge in [-0.25, -0.2) is 4.39 Å². The summed E-state index contributed by atoms with van der Waals surface area (Å²) in [5.74, 6) is 0. The molecule has 1 aromatic carbocycles. The molecule has 102 valence electrons. The van der Waals surface area contributed by atoms with E-state index in [0.717, 1.165) is 5.56 Å². The topological polar surface area (TPSA) is 43.4 Å². The Bertz CT molecular complexity index is 452. The number of rotatable bonds is 7. The van der Waals surface area contributed by atoms with Gasteiger partial charge in [0.1, 0.15) is 0 Å². The monoisotopic (exact) mass is 274 g/mol. The summed E-state index contributed by atoms with van der Waals surface area (Å²) in [6.07, 6.45) is 0.757. The van der Waals surface area contributed by atoms with Crippen molar-refractivity contribution in [1.82, 2.24) is 0 Å². The van der Waals surface area contributed by atoms with Crippen LogP contribution < -0.4 is 0 Å². The minimum atomic E-state index is -3.67. The Balaban J connectivity index is 2.43. The van der Waals surface area contributed by atoms with E-state index < -0.39 is 16.3 Å². The van der Waals surface area contributed by atoms with Crippen molar-refractivity contribution in [2.24, 2.45) is 0 Å². The van der Waals surface area contributed by atoms with Crippen LogP contribution >= 0.6 is 0 Å². The highest BCUT2D eigenvalue weighted by Gasteiger charge is 2.14. The van der Waals surface area contributed by atoms with Gasteiger partial charge in [-0.15, -0.1) is 0 Å². The smallest absolute Gasteiger partial charge is 0.266 e. The van der Waals surface area contributed by atoms with Crippen LogP contribution in [0.25, 0.3) is 0 Å². The van der Waals surface area contributed by atoms with Gasteiger partial charge < -0.3 is 0 Å². The summed E-state index contributed by atoms with van der Waals surface area (Å²) in [4.78, 5) is 0.159. The molecule has 0 amide bonds. The van der Waals surface area contributed by atoms with Crippen LogP contribution in [0.15, 0.2) is 29.2 Å². The van der Waals surface area contributed by atoms with E-state index in [1.807, 2.05) is 6.92 Å². The first kappa shape index (κ1) is 15.1. The normalized spacial score (nSPS) is 13.5. The minimum absolute atomic E-state index is 0.100. The third-order valence-corrected chi connectivity index (χ3v) is 3.87. The molecule has 1 aromatic rings. The maximum atomic E-state index is 12.5. The predicted octanol–water partition coefficient (Wildman–Crippen LogP) is 3.23. The summed E-state index contributed by atoms with van der Waals surface area (Å²) in [5, 5.41) is 0. The van der Waals surface area contributed by atoms with Gasteiger partial charge in [0, 0.05) is 0 Å². The van der Waals surface area contributed by atoms with E-state index in [2.05, 4.69) is 0 Å². The minimum Gasteiger partial charge on any atom is -0.266 e. The van der Waals surface area contributed by atoms with Crippen molar-refractivity contribution in [3.8, 4) is 0 Å². The van der Waals surface area contributed by atoms with Crippen LogP contribution in [0.2, 0.25) is 0 Å². The number of benzene rings is 1. The van der Waals surface area contributed by atoms with Gasteiger partial charge in [0.25, 0.3) is 10.1 Å². The quantitative estimate of drug-likeness (QED) is 0.566. The highest BCUT2D eigenvalue weighted by Crippen LogP contribution is 2.14. The molecule has 0 aliphatic carbocycles. The molecule has 0 spiro atoms. The highest BCUT2D eigenvalue weighted by molar-refractivity contribution is 7.86. The van der Waals surface area contributed by atoms with Crippen LogP contribution in [0.3, 0.4) is 0 Å². The standard InChI is InChI=1S/C13H19FO3S/c1-11-6-8-13(9-7-11)18(15,16)17-10-4-3-5-12(2)14/h6-9,12H,3-5,10H2,1-2H3. The van der Waals surface area contributed by atoms with Crippen LogP contribution in [0.4, 0.5) is 4.39 Å². The molecular formula is C13H19FO3S. The lowest BCUT2D eigenvalue weighted by atomic mass is 10.2. The average Bonchev–Trinajstić information content (AvgIpc) is 2.28. The second kappa shape index (κ2) is 6.85. The Kier molecular flexibility index (Phi) is 5.75. The van der Waals surface area contributed by atoms with Gasteiger partial charge in [0.15, 0.2) is 0 Å². The fraction of sp³-hybridized carbons (Fsp3) is 0.538. The molecule has 0 N–H and O–H groups in total. The largest absolute Gasteiger partial charge is 0.296 e. The van der Waals surface area contributed by atoms with Crippen LogP contribution in [0.1, 0.15) is 31.7 Å². The van der Waals surface area contributed by atoms with E-state index in [-0.39, 0.29) is 11.5 Å². The molecule has 5 heteroatoms. The van der Waals surface area contributed by atoms with E-state index in [1.165, 1.54) is 19.1 Å². The van der Waals surface area contributed by atoms with Crippen molar-refractivity contribution in [3.63, 3.8) is 0 Å². The zero-order valence-corrected chi connectivity index (χ0v) is 11.5. The third-order valence-electron chi connectivity index (χ3n) is 2.54. The molecule has 0 saturated carbocycles. The number of unbranched alkanes of at least 4 members (excludes halogenated alkanes) is 1. The zero-order chi connectivity index (χ0) is 13.6. The van der Waals surface area contributed by atoms with E-state index in [1.54, 1.807) is 12.1 Å². The Morgan fingerprint density at radius 3 is 2.39 bits per heavy atom. The van der Waals surface area contributed by atoms with Crippen LogP contribution in [0, 0.1) is 6.92 Å². The zero-order valence-electron chi connectivity index (χ0n) is 10.7. The molecule has 0 aliphatic heterocycles. The number of aryl methyl sites for hydroxylation is 1. The average molecular weight is 274 g/mol. The van der Waals surface area contributed by atoms with E-state index >= 15 is 0 Å². The number of alkyl halides is 1. The van der Waals surface area contributed by atoms with Crippen molar-refractivity contribution in [3.05, 3.63) is 29.8 Å². The molecule has 0 radical (unpaired) electrons. The summed E-state index contributed by atoms with van der Waals surface area (Å²) in [5.41, 5.74) is 0.992. The fourth-order valence-corrected chi connectivity index (χ4v) is 2.41. The molecule has 0 heterocycles. The summed E-state index contributed by atoms with van der Waals surface area (Å²) in [7, 11) is -3.67. The maximum absolute atomic E-state index is 12.5. The fourth-order valence-electron chi connectivity index (χ4n) is 1.47. The van der Waals surface area contributed by atoms with Gasteiger partial charge in [-0.2, -0.15) is 8.42 Å².